The van der Waals surface area contributed by atoms with Crippen LogP contribution in [0.2, 0.25) is 0 Å². The van der Waals surface area contributed by atoms with Crippen molar-refractivity contribution in [2.45, 2.75) is 90.4 Å². The molecule has 0 aliphatic carbocycles. The fourth-order valence-corrected chi connectivity index (χ4v) is 2.44. The van der Waals surface area contributed by atoms with Gasteiger partial charge in [0.05, 0.1) is 0 Å². The lowest BCUT2D eigenvalue weighted by Crippen LogP contribution is -2.01. The summed E-state index contributed by atoms with van der Waals surface area (Å²) in [6.07, 6.45) is 28.2. The van der Waals surface area contributed by atoms with Crippen LogP contribution in [0.25, 0.3) is 0 Å². The van der Waals surface area contributed by atoms with Crippen molar-refractivity contribution in [2.75, 3.05) is 14.1 Å². The van der Waals surface area contributed by atoms with Crippen molar-refractivity contribution >= 4 is 6.21 Å². The molecule has 0 saturated carbocycles. The first-order valence-corrected chi connectivity index (χ1v) is 9.77. The molecular weight excluding hydrogens is 280 g/mol. The van der Waals surface area contributed by atoms with E-state index in [1.165, 1.54) is 70.6 Å². The SMILES string of the molecule is CCCCC/C=C\C/C=C\CCCCCCCCC=NN(C)C. The van der Waals surface area contributed by atoms with Crippen LogP contribution in [-0.4, -0.2) is 25.3 Å². The third-order valence-electron chi connectivity index (χ3n) is 3.85. The normalized spacial score (nSPS) is 12.1. The van der Waals surface area contributed by atoms with E-state index in [-0.39, 0.29) is 0 Å². The average Bonchev–Trinajstić information content (AvgIpc) is 2.53. The van der Waals surface area contributed by atoms with Crippen molar-refractivity contribution in [2.24, 2.45) is 5.10 Å². The van der Waals surface area contributed by atoms with Crippen LogP contribution < -0.4 is 0 Å². The molecule has 0 aromatic rings. The molecule has 2 heteroatoms. The Morgan fingerprint density at radius 1 is 0.652 bits per heavy atom. The van der Waals surface area contributed by atoms with E-state index >= 15 is 0 Å². The first kappa shape index (κ1) is 21.9. The minimum absolute atomic E-state index is 1.11. The summed E-state index contributed by atoms with van der Waals surface area (Å²) in [5.74, 6) is 0. The van der Waals surface area contributed by atoms with Crippen molar-refractivity contribution < 1.29 is 0 Å². The van der Waals surface area contributed by atoms with E-state index in [4.69, 9.17) is 0 Å². The molecule has 0 aliphatic heterocycles. The van der Waals surface area contributed by atoms with Gasteiger partial charge >= 0.3 is 0 Å². The largest absolute Gasteiger partial charge is 0.303 e. The highest BCUT2D eigenvalue weighted by Gasteiger charge is 1.90. The van der Waals surface area contributed by atoms with Crippen LogP contribution in [0.4, 0.5) is 0 Å². The van der Waals surface area contributed by atoms with Gasteiger partial charge in [-0.05, 0) is 44.9 Å². The number of unbranched alkanes of at least 4 members (excludes halogenated alkanes) is 10. The van der Waals surface area contributed by atoms with Crippen molar-refractivity contribution in [3.63, 3.8) is 0 Å². The molecule has 23 heavy (non-hydrogen) atoms. The molecular formula is C21H40N2. The first-order chi connectivity index (χ1) is 11.3. The molecule has 0 aromatic carbocycles. The molecule has 0 N–H and O–H groups in total. The van der Waals surface area contributed by atoms with Gasteiger partial charge in [-0.2, -0.15) is 5.10 Å². The topological polar surface area (TPSA) is 15.6 Å². The summed E-state index contributed by atoms with van der Waals surface area (Å²) in [6, 6.07) is 0. The van der Waals surface area contributed by atoms with Gasteiger partial charge in [0.15, 0.2) is 0 Å². The van der Waals surface area contributed by atoms with Crippen LogP contribution in [0.1, 0.15) is 90.4 Å². The van der Waals surface area contributed by atoms with Gasteiger partial charge in [-0.1, -0.05) is 69.8 Å². The Labute approximate surface area is 145 Å². The van der Waals surface area contributed by atoms with Gasteiger partial charge < -0.3 is 5.01 Å². The molecule has 0 amide bonds. The Kier molecular flexibility index (Phi) is 18.1. The summed E-state index contributed by atoms with van der Waals surface area (Å²) in [5, 5.41) is 6.08. The molecule has 0 aliphatic rings. The minimum atomic E-state index is 1.11. The Morgan fingerprint density at radius 3 is 1.74 bits per heavy atom. The number of nitrogens with zero attached hydrogens (tertiary/aromatic N) is 2. The summed E-state index contributed by atoms with van der Waals surface area (Å²) in [5.41, 5.74) is 0. The Balaban J connectivity index is 3.19. The van der Waals surface area contributed by atoms with Gasteiger partial charge in [0.1, 0.15) is 0 Å². The molecule has 0 aromatic heterocycles. The lowest BCUT2D eigenvalue weighted by molar-refractivity contribution is 0.438. The van der Waals surface area contributed by atoms with E-state index in [9.17, 15) is 0 Å². The maximum Gasteiger partial charge on any atom is 0.0244 e. The lowest BCUT2D eigenvalue weighted by atomic mass is 10.1. The van der Waals surface area contributed by atoms with Crippen LogP contribution in [0.5, 0.6) is 0 Å². The highest BCUT2D eigenvalue weighted by molar-refractivity contribution is 5.56. The van der Waals surface area contributed by atoms with Crippen LogP contribution in [0.3, 0.4) is 0 Å². The van der Waals surface area contributed by atoms with Crippen molar-refractivity contribution in [3.8, 4) is 0 Å². The van der Waals surface area contributed by atoms with Gasteiger partial charge in [0, 0.05) is 20.3 Å². The number of hydrazone groups is 1. The van der Waals surface area contributed by atoms with Crippen LogP contribution in [-0.2, 0) is 0 Å². The third-order valence-corrected chi connectivity index (χ3v) is 3.85. The molecule has 0 unspecified atom stereocenters. The number of hydrogen-bond donors (Lipinski definition) is 0. The summed E-state index contributed by atoms with van der Waals surface area (Å²) in [7, 11) is 3.93. The Morgan fingerprint density at radius 2 is 1.17 bits per heavy atom. The molecule has 2 nitrogen and oxygen atoms in total. The van der Waals surface area contributed by atoms with Crippen molar-refractivity contribution in [1.82, 2.24) is 5.01 Å². The molecule has 0 bridgehead atoms. The minimum Gasteiger partial charge on any atom is -0.303 e. The zero-order valence-electron chi connectivity index (χ0n) is 16.0. The molecule has 0 radical (unpaired) electrons. The summed E-state index contributed by atoms with van der Waals surface area (Å²) >= 11 is 0. The highest BCUT2D eigenvalue weighted by atomic mass is 15.4. The summed E-state index contributed by atoms with van der Waals surface area (Å²) in [4.78, 5) is 0. The number of rotatable bonds is 16. The predicted octanol–water partition coefficient (Wildman–Crippen LogP) is 6.74. The molecule has 0 atom stereocenters. The number of allylic oxidation sites excluding steroid dienone is 4. The van der Waals surface area contributed by atoms with Crippen molar-refractivity contribution in [3.05, 3.63) is 24.3 Å². The standard InChI is InChI=1S/C21H40N2/c1-4-5-6-7-8-9-10-11-12-13-14-15-16-17-18-19-20-21-22-23(2)3/h8-9,11-12,21H,4-7,10,13-20H2,1-3H3/b9-8-,12-11-,22-21?. The number of hydrogen-bond acceptors (Lipinski definition) is 2. The smallest absolute Gasteiger partial charge is 0.0244 e. The molecule has 134 valence electrons. The van der Waals surface area contributed by atoms with Crippen LogP contribution in [0, 0.1) is 0 Å². The second kappa shape index (κ2) is 19.0. The second-order valence-corrected chi connectivity index (χ2v) is 6.52. The van der Waals surface area contributed by atoms with Crippen molar-refractivity contribution in [1.29, 1.82) is 0 Å². The average molecular weight is 321 g/mol. The monoisotopic (exact) mass is 320 g/mol. The third kappa shape index (κ3) is 21.0. The lowest BCUT2D eigenvalue weighted by Gasteiger charge is -2.02. The van der Waals surface area contributed by atoms with Crippen LogP contribution in [0.15, 0.2) is 29.4 Å². The van der Waals surface area contributed by atoms with Gasteiger partial charge in [-0.25, -0.2) is 0 Å². The van der Waals surface area contributed by atoms with E-state index in [0.717, 1.165) is 12.8 Å². The maximum atomic E-state index is 4.23. The quantitative estimate of drug-likeness (QED) is 0.133. The maximum absolute atomic E-state index is 4.23. The summed E-state index contributed by atoms with van der Waals surface area (Å²) in [6.45, 7) is 2.26. The molecule has 0 fully saturated rings. The summed E-state index contributed by atoms with van der Waals surface area (Å²) < 4.78 is 0. The van der Waals surface area contributed by atoms with Crippen LogP contribution >= 0.6 is 0 Å². The zero-order chi connectivity index (χ0) is 17.0. The second-order valence-electron chi connectivity index (χ2n) is 6.52. The molecule has 0 heterocycles. The van der Waals surface area contributed by atoms with E-state index < -0.39 is 0 Å². The first-order valence-electron chi connectivity index (χ1n) is 9.77. The van der Waals surface area contributed by atoms with E-state index in [2.05, 4.69) is 36.3 Å². The Hall–Kier alpha value is -1.05. The zero-order valence-corrected chi connectivity index (χ0v) is 16.0. The fraction of sp³-hybridized carbons (Fsp3) is 0.762. The van der Waals surface area contributed by atoms with Gasteiger partial charge in [-0.15, -0.1) is 0 Å². The van der Waals surface area contributed by atoms with E-state index in [0.29, 0.717) is 0 Å². The molecule has 0 spiro atoms. The highest BCUT2D eigenvalue weighted by Crippen LogP contribution is 2.08. The Bertz CT molecular complexity index is 303. The van der Waals surface area contributed by atoms with Gasteiger partial charge in [-0.3, -0.25) is 0 Å². The molecule has 0 saturated heterocycles. The molecule has 0 rings (SSSR count). The van der Waals surface area contributed by atoms with E-state index in [1.54, 1.807) is 0 Å². The van der Waals surface area contributed by atoms with Gasteiger partial charge in [0.2, 0.25) is 0 Å². The predicted molar refractivity (Wildman–Crippen MR) is 106 cm³/mol. The fourth-order valence-electron chi connectivity index (χ4n) is 2.44. The van der Waals surface area contributed by atoms with E-state index in [1.807, 2.05) is 25.3 Å². The van der Waals surface area contributed by atoms with Gasteiger partial charge in [0.25, 0.3) is 0 Å².